The third kappa shape index (κ3) is 4.22. The van der Waals surface area contributed by atoms with Gasteiger partial charge in [-0.2, -0.15) is 5.10 Å². The van der Waals surface area contributed by atoms with Gasteiger partial charge >= 0.3 is 0 Å². The number of alkyl halides is 2. The lowest BCUT2D eigenvalue weighted by Crippen LogP contribution is -2.24. The Morgan fingerprint density at radius 2 is 1.92 bits per heavy atom. The van der Waals surface area contributed by atoms with Crippen LogP contribution in [0.15, 0.2) is 55.0 Å². The van der Waals surface area contributed by atoms with Crippen LogP contribution in [-0.2, 0) is 6.54 Å². The minimum Gasteiger partial charge on any atom is -0.336 e. The number of aromatic nitrogens is 7. The number of fused-ring (bicyclic) bond motifs is 2. The van der Waals surface area contributed by atoms with Crippen LogP contribution in [0.3, 0.4) is 0 Å². The second-order valence-corrected chi connectivity index (χ2v) is 11.0. The van der Waals surface area contributed by atoms with Crippen molar-refractivity contribution < 1.29 is 8.78 Å². The fourth-order valence-corrected chi connectivity index (χ4v) is 5.85. The Labute approximate surface area is 223 Å². The third-order valence-electron chi connectivity index (χ3n) is 6.59. The Kier molecular flexibility index (Phi) is 5.46. The Morgan fingerprint density at radius 1 is 1.03 bits per heavy atom. The number of aromatic amines is 2. The summed E-state index contributed by atoms with van der Waals surface area (Å²) in [4.78, 5) is 24.6. The largest absolute Gasteiger partial charge is 0.336 e. The number of nitrogens with zero attached hydrogens (tertiary/aromatic N) is 6. The summed E-state index contributed by atoms with van der Waals surface area (Å²) in [5.41, 5.74) is 6.65. The summed E-state index contributed by atoms with van der Waals surface area (Å²) in [6, 6.07) is 11.4. The molecule has 7 rings (SSSR count). The lowest BCUT2D eigenvalue weighted by atomic mass is 10.1. The molecule has 0 aromatic carbocycles. The van der Waals surface area contributed by atoms with E-state index in [1.54, 1.807) is 23.5 Å². The van der Waals surface area contributed by atoms with Crippen LogP contribution in [0.2, 0.25) is 4.34 Å². The van der Waals surface area contributed by atoms with E-state index in [0.717, 1.165) is 38.2 Å². The quantitative estimate of drug-likeness (QED) is 0.267. The van der Waals surface area contributed by atoms with Gasteiger partial charge in [-0.3, -0.25) is 20.0 Å². The lowest BCUT2D eigenvalue weighted by Gasteiger charge is -2.15. The Balaban J connectivity index is 1.24. The number of H-pyrrole nitrogens is 2. The van der Waals surface area contributed by atoms with Crippen molar-refractivity contribution in [1.29, 1.82) is 0 Å². The number of likely N-dealkylation sites (tertiary alicyclic amines) is 1. The summed E-state index contributed by atoms with van der Waals surface area (Å²) in [6.07, 6.45) is 5.06. The molecule has 0 saturated carbocycles. The molecule has 1 saturated heterocycles. The second kappa shape index (κ2) is 8.90. The Hall–Kier alpha value is -3.80. The highest BCUT2D eigenvalue weighted by molar-refractivity contribution is 7.19. The first-order chi connectivity index (χ1) is 18.4. The average Bonchev–Trinajstić information content (AvgIpc) is 3.69. The molecule has 6 aromatic rings. The van der Waals surface area contributed by atoms with Gasteiger partial charge in [0.15, 0.2) is 11.5 Å². The van der Waals surface area contributed by atoms with Crippen LogP contribution in [0.5, 0.6) is 0 Å². The predicted molar refractivity (Wildman–Crippen MR) is 143 cm³/mol. The van der Waals surface area contributed by atoms with E-state index >= 15 is 0 Å². The summed E-state index contributed by atoms with van der Waals surface area (Å²) in [5, 5.41) is 7.52. The van der Waals surface area contributed by atoms with Gasteiger partial charge in [-0.05, 0) is 42.0 Å². The summed E-state index contributed by atoms with van der Waals surface area (Å²) in [5.74, 6) is -2.06. The molecule has 0 atom stereocenters. The minimum atomic E-state index is -2.63. The van der Waals surface area contributed by atoms with Crippen LogP contribution in [0.1, 0.15) is 12.0 Å². The highest BCUT2D eigenvalue weighted by atomic mass is 35.5. The van der Waals surface area contributed by atoms with Crippen LogP contribution in [0, 0.1) is 0 Å². The molecule has 8 nitrogen and oxygen atoms in total. The zero-order valence-corrected chi connectivity index (χ0v) is 21.3. The molecular formula is C26H19ClF2N8S. The van der Waals surface area contributed by atoms with Crippen molar-refractivity contribution in [3.05, 3.63) is 64.9 Å². The minimum absolute atomic E-state index is 0.109. The topological polar surface area (TPSA) is 99.3 Å². The molecule has 190 valence electrons. The Bertz CT molecular complexity index is 1810. The van der Waals surface area contributed by atoms with Crippen LogP contribution < -0.4 is 0 Å². The first-order valence-corrected chi connectivity index (χ1v) is 13.1. The molecule has 0 aliphatic carbocycles. The first kappa shape index (κ1) is 23.3. The van der Waals surface area contributed by atoms with Crippen molar-refractivity contribution in [3.63, 3.8) is 0 Å². The monoisotopic (exact) mass is 548 g/mol. The van der Waals surface area contributed by atoms with Crippen molar-refractivity contribution in [3.8, 4) is 33.3 Å². The van der Waals surface area contributed by atoms with Crippen LogP contribution in [0.4, 0.5) is 8.78 Å². The highest BCUT2D eigenvalue weighted by Crippen LogP contribution is 2.35. The molecule has 6 aromatic heterocycles. The number of rotatable bonds is 5. The van der Waals surface area contributed by atoms with E-state index < -0.39 is 5.92 Å². The smallest absolute Gasteiger partial charge is 0.261 e. The maximum atomic E-state index is 13.6. The Morgan fingerprint density at radius 3 is 2.74 bits per heavy atom. The molecule has 12 heteroatoms. The zero-order valence-electron chi connectivity index (χ0n) is 19.8. The van der Waals surface area contributed by atoms with Gasteiger partial charge in [-0.25, -0.2) is 18.7 Å². The average molecular weight is 549 g/mol. The van der Waals surface area contributed by atoms with Crippen molar-refractivity contribution in [1.82, 2.24) is 40.0 Å². The van der Waals surface area contributed by atoms with Crippen molar-refractivity contribution in [2.45, 2.75) is 18.9 Å². The zero-order chi connectivity index (χ0) is 25.9. The van der Waals surface area contributed by atoms with Gasteiger partial charge in [-0.1, -0.05) is 11.6 Å². The molecule has 0 unspecified atom stereocenters. The molecule has 2 N–H and O–H groups in total. The molecule has 0 bridgehead atoms. The highest BCUT2D eigenvalue weighted by Gasteiger charge is 2.37. The first-order valence-electron chi connectivity index (χ1n) is 11.9. The maximum absolute atomic E-state index is 13.6. The SMILES string of the molecule is FC1(F)CCN(Cc2cncc(-c3ccc4[nH]nc(-c5nc6c(-c7ccc(Cl)s7)nccc6[nH]5)c4n3)c2)C1. The van der Waals surface area contributed by atoms with Gasteiger partial charge in [-0.15, -0.1) is 11.3 Å². The molecule has 1 aliphatic rings. The standard InChI is InChI=1S/C26H19ClF2N8S/c27-20-4-3-19(38-20)23-21-17(5-7-31-23)33-25(34-21)24-22-18(35-36-24)2-1-16(32-22)15-9-14(10-30-11-15)12-37-8-6-26(28,29)13-37/h1-5,7,9-11H,6,8,12-13H2,(H,33,34)(H,35,36). The summed E-state index contributed by atoms with van der Waals surface area (Å²) in [6.45, 7) is 0.558. The molecular weight excluding hydrogens is 530 g/mol. The van der Waals surface area contributed by atoms with E-state index in [9.17, 15) is 8.78 Å². The molecule has 1 fully saturated rings. The molecule has 1 aliphatic heterocycles. The van der Waals surface area contributed by atoms with Crippen molar-refractivity contribution >= 4 is 45.0 Å². The number of nitrogens with one attached hydrogen (secondary N) is 2. The predicted octanol–water partition coefficient (Wildman–Crippen LogP) is 6.18. The lowest BCUT2D eigenvalue weighted by molar-refractivity contribution is 0.0115. The van der Waals surface area contributed by atoms with Crippen molar-refractivity contribution in [2.24, 2.45) is 0 Å². The van der Waals surface area contributed by atoms with Crippen LogP contribution in [0.25, 0.3) is 55.4 Å². The van der Waals surface area contributed by atoms with E-state index in [4.69, 9.17) is 21.6 Å². The molecule has 0 radical (unpaired) electrons. The summed E-state index contributed by atoms with van der Waals surface area (Å²) in [7, 11) is 0. The number of halogens is 3. The van der Waals surface area contributed by atoms with Gasteiger partial charge in [0.1, 0.15) is 16.7 Å². The molecule has 38 heavy (non-hydrogen) atoms. The molecule has 0 amide bonds. The number of hydrogen-bond acceptors (Lipinski definition) is 7. The van der Waals surface area contributed by atoms with E-state index in [-0.39, 0.29) is 13.0 Å². The van der Waals surface area contributed by atoms with Crippen LogP contribution in [-0.4, -0.2) is 59.0 Å². The van der Waals surface area contributed by atoms with E-state index in [1.165, 1.54) is 11.3 Å². The van der Waals surface area contributed by atoms with Crippen LogP contribution >= 0.6 is 22.9 Å². The normalized spacial score (nSPS) is 15.7. The third-order valence-corrected chi connectivity index (χ3v) is 7.82. The van der Waals surface area contributed by atoms with Crippen molar-refractivity contribution in [2.75, 3.05) is 13.1 Å². The van der Waals surface area contributed by atoms with Gasteiger partial charge in [0.25, 0.3) is 5.92 Å². The fourth-order valence-electron chi connectivity index (χ4n) is 4.81. The van der Waals surface area contributed by atoms with Gasteiger partial charge in [0, 0.05) is 43.7 Å². The summed E-state index contributed by atoms with van der Waals surface area (Å²) >= 11 is 7.59. The number of pyridine rings is 3. The van der Waals surface area contributed by atoms with E-state index in [0.29, 0.717) is 40.2 Å². The molecule has 7 heterocycles. The van der Waals surface area contributed by atoms with Gasteiger partial charge in [0.2, 0.25) is 0 Å². The number of thiophene rings is 1. The molecule has 0 spiro atoms. The summed E-state index contributed by atoms with van der Waals surface area (Å²) < 4.78 is 27.9. The van der Waals surface area contributed by atoms with E-state index in [2.05, 4.69) is 25.1 Å². The van der Waals surface area contributed by atoms with Gasteiger partial charge in [0.05, 0.1) is 32.5 Å². The number of imidazole rings is 1. The van der Waals surface area contributed by atoms with E-state index in [1.807, 2.05) is 36.4 Å². The second-order valence-electron chi connectivity index (χ2n) is 9.31. The fraction of sp³-hybridized carbons (Fsp3) is 0.192. The number of hydrogen-bond donors (Lipinski definition) is 2. The van der Waals surface area contributed by atoms with Gasteiger partial charge < -0.3 is 4.98 Å². The maximum Gasteiger partial charge on any atom is 0.261 e.